The van der Waals surface area contributed by atoms with Crippen molar-refractivity contribution in [1.82, 2.24) is 0 Å². The highest BCUT2D eigenvalue weighted by Crippen LogP contribution is 1.66. The summed E-state index contributed by atoms with van der Waals surface area (Å²) in [4.78, 5) is 0. The molecule has 0 aliphatic heterocycles. The molecule has 0 spiro atoms. The van der Waals surface area contributed by atoms with Crippen LogP contribution in [0.15, 0.2) is 0 Å². The zero-order chi connectivity index (χ0) is 63.5. The molecular formula is C89H4. The summed E-state index contributed by atoms with van der Waals surface area (Å²) in [5.74, 6) is 217. The standard InChI is InChI=1S/C89H4/c1-3-5-7-9-11-13-15-17-19-21-23-25-27-29-31-33-35-37-39-41-43-45-47-49-51-53-55-57-59-61-63-65-67-69-71-73-75-77-79-81-83-85-87-89-88-86-84-82-80-78-76-74-72-70-68-66-64-62-60-58-56-54-52-50-48-46-44-42-40-38-36-34-32-30-28-26-24-22-20-18-16-14-12-10-8-6-4-2/h1H,2H3. The normalized spacial score (nSPS) is 3.96. The summed E-state index contributed by atoms with van der Waals surface area (Å²) in [5.41, 5.74) is 0. The van der Waals surface area contributed by atoms with E-state index in [1.165, 1.54) is 0 Å². The Morgan fingerprint density at radius 2 is 0.146 bits per heavy atom. The van der Waals surface area contributed by atoms with Crippen LogP contribution in [0.25, 0.3) is 0 Å². The molecule has 0 nitrogen and oxygen atoms in total. The molecule has 0 atom stereocenters. The Labute approximate surface area is 525 Å². The average Bonchev–Trinajstić information content (AvgIpc) is 3.54. The van der Waals surface area contributed by atoms with Crippen molar-refractivity contribution in [1.29, 1.82) is 0 Å². The Kier molecular flexibility index (Phi) is 53.7. The quantitative estimate of drug-likeness (QED) is 0.316. The highest BCUT2D eigenvalue weighted by atomic mass is 13.7. The molecule has 0 bridgehead atoms. The van der Waals surface area contributed by atoms with Crippen LogP contribution in [0.2, 0.25) is 0 Å². The minimum atomic E-state index is 1.68. The van der Waals surface area contributed by atoms with Gasteiger partial charge in [-0.3, -0.25) is 0 Å². The predicted octanol–water partition coefficient (Wildman–Crippen LogP) is 0.786. The van der Waals surface area contributed by atoms with Gasteiger partial charge in [0, 0.05) is 414 Å². The molecule has 89 heavy (non-hydrogen) atoms. The molecule has 0 unspecified atom stereocenters. The molecule has 0 aliphatic rings. The summed E-state index contributed by atoms with van der Waals surface area (Å²) in [6.07, 6.45) is 4.95. The molecule has 0 amide bonds. The summed E-state index contributed by atoms with van der Waals surface area (Å²) < 4.78 is 0. The zero-order valence-corrected chi connectivity index (χ0v) is 45.1. The number of hydrogen-bond acceptors (Lipinski definition) is 0. The van der Waals surface area contributed by atoms with E-state index in [9.17, 15) is 0 Å². The van der Waals surface area contributed by atoms with Crippen molar-refractivity contribution in [3.05, 3.63) is 0 Å². The Bertz CT molecular complexity index is 6150. The van der Waals surface area contributed by atoms with E-state index in [4.69, 9.17) is 6.42 Å². The molecule has 0 rings (SSSR count). The van der Waals surface area contributed by atoms with Crippen LogP contribution in [0.4, 0.5) is 0 Å². The van der Waals surface area contributed by atoms with Gasteiger partial charge in [-0.05, 0) is 102 Å². The smallest absolute Gasteiger partial charge is 0 e. The maximum atomic E-state index is 4.95. The van der Waals surface area contributed by atoms with E-state index in [0.29, 0.717) is 0 Å². The van der Waals surface area contributed by atoms with E-state index in [2.05, 4.69) is 515 Å². The largest absolute Gasteiger partial charge is 0.106 e. The van der Waals surface area contributed by atoms with Crippen LogP contribution < -0.4 is 0 Å². The minimum Gasteiger partial charge on any atom is -0.106 e. The van der Waals surface area contributed by atoms with E-state index in [-0.39, 0.29) is 0 Å². The van der Waals surface area contributed by atoms with Gasteiger partial charge in [0.15, 0.2) is 0 Å². The Morgan fingerprint density at radius 3 is 0.202 bits per heavy atom. The number of rotatable bonds is 0. The molecule has 360 valence electrons. The first-order chi connectivity index (χ1) is 44.4. The van der Waals surface area contributed by atoms with Gasteiger partial charge in [-0.2, -0.15) is 0 Å². The molecule has 0 heterocycles. The van der Waals surface area contributed by atoms with Crippen molar-refractivity contribution < 1.29 is 0 Å². The molecule has 0 aliphatic carbocycles. The molecule has 0 aromatic rings. The van der Waals surface area contributed by atoms with Gasteiger partial charge in [-0.1, -0.05) is 5.92 Å². The second-order valence-corrected chi connectivity index (χ2v) is 11.0. The zero-order valence-electron chi connectivity index (χ0n) is 45.1. The van der Waals surface area contributed by atoms with Crippen LogP contribution >= 0.6 is 0 Å². The van der Waals surface area contributed by atoms with E-state index in [0.717, 1.165) is 0 Å². The third kappa shape index (κ3) is 68.6. The molecule has 0 N–H and O–H groups in total. The Morgan fingerprint density at radius 1 is 0.0899 bits per heavy atom. The third-order valence-electron chi connectivity index (χ3n) is 5.45. The van der Waals surface area contributed by atoms with E-state index in [1.54, 1.807) is 6.92 Å². The summed E-state index contributed by atoms with van der Waals surface area (Å²) in [6, 6.07) is 0. The first-order valence-corrected chi connectivity index (χ1v) is 22.3. The van der Waals surface area contributed by atoms with E-state index < -0.39 is 0 Å². The summed E-state index contributed by atoms with van der Waals surface area (Å²) in [7, 11) is 0. The van der Waals surface area contributed by atoms with Crippen molar-refractivity contribution >= 4 is 0 Å². The van der Waals surface area contributed by atoms with Crippen LogP contribution in [0.1, 0.15) is 6.92 Å². The van der Waals surface area contributed by atoms with Crippen molar-refractivity contribution in [3.8, 4) is 522 Å². The van der Waals surface area contributed by atoms with Gasteiger partial charge in [-0.15, -0.1) is 6.42 Å². The first kappa shape index (κ1) is 69.6. The molecule has 0 saturated carbocycles. The van der Waals surface area contributed by atoms with Crippen molar-refractivity contribution in [3.63, 3.8) is 0 Å². The van der Waals surface area contributed by atoms with Gasteiger partial charge in [0.2, 0.25) is 0 Å². The predicted molar refractivity (Wildman–Crippen MR) is 349 cm³/mol. The lowest BCUT2D eigenvalue weighted by molar-refractivity contribution is 1.92. The highest BCUT2D eigenvalue weighted by molar-refractivity contribution is 5.55. The second kappa shape index (κ2) is 68.6. The van der Waals surface area contributed by atoms with Crippen LogP contribution in [-0.2, 0) is 0 Å². The lowest BCUT2D eigenvalue weighted by Gasteiger charge is -1.58. The van der Waals surface area contributed by atoms with Gasteiger partial charge >= 0.3 is 0 Å². The van der Waals surface area contributed by atoms with Gasteiger partial charge in [0.25, 0.3) is 0 Å². The van der Waals surface area contributed by atoms with Gasteiger partial charge in [0.1, 0.15) is 0 Å². The van der Waals surface area contributed by atoms with E-state index >= 15 is 0 Å². The number of hydrogen-bond donors (Lipinski definition) is 0. The average molecular weight is 1070 g/mol. The lowest BCUT2D eigenvalue weighted by Crippen LogP contribution is -1.57. The second-order valence-electron chi connectivity index (χ2n) is 11.0. The summed E-state index contributed by atoms with van der Waals surface area (Å²) in [6.45, 7) is 1.68. The van der Waals surface area contributed by atoms with Gasteiger partial charge in [0.05, 0.1) is 0 Å². The summed E-state index contributed by atoms with van der Waals surface area (Å²) in [5, 5.41) is 0. The Balaban J connectivity index is 4.63. The van der Waals surface area contributed by atoms with Crippen LogP contribution in [0.3, 0.4) is 0 Å². The fourth-order valence-corrected chi connectivity index (χ4v) is 2.69. The fraction of sp³-hybridized carbons (Fsp3) is 0.0112. The fourth-order valence-electron chi connectivity index (χ4n) is 2.69. The van der Waals surface area contributed by atoms with Crippen molar-refractivity contribution in [2.45, 2.75) is 6.92 Å². The maximum Gasteiger partial charge on any atom is 0 e. The van der Waals surface area contributed by atoms with Crippen LogP contribution in [0.5, 0.6) is 0 Å². The molecule has 0 fully saturated rings. The van der Waals surface area contributed by atoms with Crippen molar-refractivity contribution in [2.75, 3.05) is 0 Å². The molecular weight excluding hydrogens is 1070 g/mol. The maximum absolute atomic E-state index is 4.95. The molecule has 0 radical (unpaired) electrons. The summed E-state index contributed by atoms with van der Waals surface area (Å²) >= 11 is 0. The van der Waals surface area contributed by atoms with Crippen LogP contribution in [0, 0.1) is 522 Å². The SMILES string of the molecule is C#CC#CC#CC#CC#CC#CC#CC#CC#CC#CC#CC#CC#CC#CC#CC#CC#CC#CC#CC#CC#CC#CC#CC#CC#CC#CC#CC#CC#CC#CC#CC#CC#CC#CC#CC#CC#CC#CC#CC#CC#CC#CC#CC#CC. The van der Waals surface area contributed by atoms with Gasteiger partial charge < -0.3 is 0 Å². The monoisotopic (exact) mass is 1070 g/mol. The first-order valence-electron chi connectivity index (χ1n) is 22.3. The third-order valence-corrected chi connectivity index (χ3v) is 5.45. The highest BCUT2D eigenvalue weighted by Gasteiger charge is 1.66. The minimum absolute atomic E-state index is 1.68. The molecule has 0 aromatic heterocycles. The topological polar surface area (TPSA) is 0 Å². The number of terminal acetylenes is 1. The molecule has 0 aromatic carbocycles. The van der Waals surface area contributed by atoms with Gasteiger partial charge in [-0.25, -0.2) is 0 Å². The lowest BCUT2D eigenvalue weighted by atomic mass is 10.4. The molecule has 0 heteroatoms. The van der Waals surface area contributed by atoms with Crippen molar-refractivity contribution in [2.24, 2.45) is 0 Å². The molecule has 0 saturated heterocycles. The Hall–Kier alpha value is -19.4. The van der Waals surface area contributed by atoms with Crippen LogP contribution in [-0.4, -0.2) is 0 Å². The van der Waals surface area contributed by atoms with E-state index in [1.807, 2.05) is 0 Å².